The number of nitrogens with one attached hydrogen (secondary N) is 2. The third kappa shape index (κ3) is 11.3. The van der Waals surface area contributed by atoms with Crippen LogP contribution in [0.3, 0.4) is 0 Å². The van der Waals surface area contributed by atoms with Crippen molar-refractivity contribution in [2.45, 2.75) is 31.6 Å². The molecule has 0 aliphatic carbocycles. The number of sulfonamides is 1. The van der Waals surface area contributed by atoms with Crippen molar-refractivity contribution in [3.8, 4) is 57.2 Å². The number of hydrogen-bond donors (Lipinski definition) is 7. The minimum absolute atomic E-state index is 0.134. The number of fused-ring (bicyclic) bond motifs is 4. The highest BCUT2D eigenvalue weighted by atomic mass is 35.5. The number of aromatic hydroxyl groups is 5. The number of aromatic amines is 1. The number of phenolic OH excluding ortho intramolecular Hbond substituents is 4. The van der Waals surface area contributed by atoms with Gasteiger partial charge in [-0.1, -0.05) is 37.1 Å². The minimum atomic E-state index is -3.70. The molecule has 0 bridgehead atoms. The molecule has 0 unspecified atom stereocenters. The molecular weight excluding hydrogens is 1040 g/mol. The molecule has 11 rings (SSSR count). The van der Waals surface area contributed by atoms with Crippen LogP contribution in [0.1, 0.15) is 31.5 Å². The van der Waals surface area contributed by atoms with Gasteiger partial charge in [-0.15, -0.1) is 0 Å². The molecule has 3 aliphatic rings. The van der Waals surface area contributed by atoms with Crippen molar-refractivity contribution in [1.29, 1.82) is 0 Å². The van der Waals surface area contributed by atoms with Gasteiger partial charge in [0.1, 0.15) is 45.4 Å². The van der Waals surface area contributed by atoms with Gasteiger partial charge in [0.05, 0.1) is 34.1 Å². The summed E-state index contributed by atoms with van der Waals surface area (Å²) in [5.74, 6) is -0.967. The normalized spacial score (nSPS) is 15.0. The van der Waals surface area contributed by atoms with Crippen LogP contribution in [0.5, 0.6) is 34.5 Å². The van der Waals surface area contributed by atoms with Crippen molar-refractivity contribution < 1.29 is 43.1 Å². The number of hydrogen-bond acceptors (Lipinski definition) is 18. The molecule has 0 spiro atoms. The maximum atomic E-state index is 13.3. The van der Waals surface area contributed by atoms with Crippen LogP contribution in [0.25, 0.3) is 44.7 Å². The number of phenols is 4. The van der Waals surface area contributed by atoms with E-state index in [4.69, 9.17) is 30.7 Å². The molecule has 0 amide bonds. The molecule has 8 aromatic rings. The standard InChI is InChI=1S/C22H30N6O4S.C18H19ClN4.C15H10O7/c1-5-7-17-19-20(27(4)25-17)22(29)24-21(23-19)16-14-15(8-9-18(16)32-6-2)33(30,31)28-12-10-26(3)11-13-28;1-22-8-10-23(11-9-22)18-14-4-2-3-5-15(14)20-16-7-6-13(19)12-17(16)21-18;16-7-4-10(19)12-11(5-7)22-15(14(21)13(12)20)6-1-2-8(17)9(18)3-6/h8-9,14H,5-7,10-13H2,1-4H3,(H,23,24,29);2-7,12,20H,8-11H2,1H3;1-5,16-19,21H. The fraction of sp³-hybridized carbons (Fsp3) is 0.291. The van der Waals surface area contributed by atoms with Gasteiger partial charge in [0.2, 0.25) is 21.2 Å². The van der Waals surface area contributed by atoms with E-state index in [9.17, 15) is 43.5 Å². The Morgan fingerprint density at radius 1 is 0.756 bits per heavy atom. The summed E-state index contributed by atoms with van der Waals surface area (Å²) in [6.07, 6.45) is 1.54. The summed E-state index contributed by atoms with van der Waals surface area (Å²) < 4.78 is 40.8. The summed E-state index contributed by atoms with van der Waals surface area (Å²) in [5, 5.41) is 56.3. The Hall–Kier alpha value is -8.15. The molecule has 23 heteroatoms. The molecule has 3 aliphatic heterocycles. The maximum absolute atomic E-state index is 13.3. The second-order valence-electron chi connectivity index (χ2n) is 18.9. The molecule has 21 nitrogen and oxygen atoms in total. The van der Waals surface area contributed by atoms with Crippen molar-refractivity contribution >= 4 is 66.5 Å². The van der Waals surface area contributed by atoms with Gasteiger partial charge in [-0.05, 0) is 94.2 Å². The fourth-order valence-corrected chi connectivity index (χ4v) is 10.9. The monoisotopic (exact) mass is 1100 g/mol. The molecule has 5 aromatic carbocycles. The van der Waals surface area contributed by atoms with Gasteiger partial charge in [-0.25, -0.2) is 18.4 Å². The molecule has 0 saturated carbocycles. The molecule has 6 heterocycles. The number of aryl methyl sites for hydroxylation is 2. The number of para-hydroxylation sites is 1. The lowest BCUT2D eigenvalue weighted by atomic mass is 10.1. The van der Waals surface area contributed by atoms with Crippen LogP contribution in [-0.2, 0) is 23.5 Å². The van der Waals surface area contributed by atoms with E-state index in [2.05, 4.69) is 55.3 Å². The third-order valence-corrected chi connectivity index (χ3v) is 15.6. The van der Waals surface area contributed by atoms with Gasteiger partial charge in [-0.2, -0.15) is 9.40 Å². The largest absolute Gasteiger partial charge is 0.508 e. The number of aliphatic imine (C=N–C) groups is 1. The Labute approximate surface area is 453 Å². The van der Waals surface area contributed by atoms with E-state index in [0.29, 0.717) is 66.6 Å². The van der Waals surface area contributed by atoms with Gasteiger partial charge in [0.15, 0.2) is 22.8 Å². The van der Waals surface area contributed by atoms with Crippen molar-refractivity contribution in [2.24, 2.45) is 12.0 Å². The second kappa shape index (κ2) is 22.8. The average Bonchev–Trinajstić information content (AvgIpc) is 3.76. The number of rotatable bonds is 8. The first-order valence-corrected chi connectivity index (χ1v) is 27.0. The van der Waals surface area contributed by atoms with Crippen LogP contribution in [-0.4, -0.2) is 152 Å². The van der Waals surface area contributed by atoms with Crippen LogP contribution in [0.2, 0.25) is 5.02 Å². The van der Waals surface area contributed by atoms with Crippen LogP contribution < -0.4 is 21.0 Å². The Balaban J connectivity index is 0.000000146. The van der Waals surface area contributed by atoms with Crippen LogP contribution in [0, 0.1) is 0 Å². The van der Waals surface area contributed by atoms with E-state index >= 15 is 0 Å². The van der Waals surface area contributed by atoms with Gasteiger partial charge in [0.25, 0.3) is 5.56 Å². The number of piperazine rings is 2. The first kappa shape index (κ1) is 54.6. The summed E-state index contributed by atoms with van der Waals surface area (Å²) in [6.45, 7) is 10.6. The van der Waals surface area contributed by atoms with Gasteiger partial charge < -0.3 is 59.7 Å². The number of benzene rings is 5. The highest BCUT2D eigenvalue weighted by molar-refractivity contribution is 7.89. The quantitative estimate of drug-likeness (QED) is 0.0734. The van der Waals surface area contributed by atoms with E-state index in [-0.39, 0.29) is 50.1 Å². The lowest BCUT2D eigenvalue weighted by molar-refractivity contribution is 0.216. The molecule has 7 N–H and O–H groups in total. The Bertz CT molecular complexity index is 3830. The Morgan fingerprint density at radius 2 is 1.47 bits per heavy atom. The predicted molar refractivity (Wildman–Crippen MR) is 299 cm³/mol. The number of anilines is 2. The molecule has 0 radical (unpaired) electrons. The molecule has 2 saturated heterocycles. The lowest BCUT2D eigenvalue weighted by Gasteiger charge is -2.34. The first-order chi connectivity index (χ1) is 37.3. The summed E-state index contributed by atoms with van der Waals surface area (Å²) in [6, 6.07) is 24.5. The van der Waals surface area contributed by atoms with E-state index in [0.717, 1.165) is 91.0 Å². The SMILES string of the molecule is CCCc1nn(C)c2c(=O)[nH]c(-c3cc(S(=O)(=O)N4CCN(C)CC4)ccc3OCC)nc12.CN1CCN(C2=Nc3cc(Cl)ccc3Nc3ccccc32)CC1.O=c1c(O)c(-c2ccc(O)c(O)c2)oc2cc(O)cc(O)c12. The van der Waals surface area contributed by atoms with Crippen LogP contribution >= 0.6 is 11.6 Å². The second-order valence-corrected chi connectivity index (χ2v) is 21.3. The number of nitrogens with zero attached hydrogens (tertiary/aromatic N) is 8. The van der Waals surface area contributed by atoms with E-state index < -0.39 is 32.7 Å². The highest BCUT2D eigenvalue weighted by Crippen LogP contribution is 2.39. The zero-order chi connectivity index (χ0) is 55.6. The number of amidine groups is 1. The lowest BCUT2D eigenvalue weighted by Crippen LogP contribution is -2.47. The van der Waals surface area contributed by atoms with Crippen LogP contribution in [0.15, 0.2) is 115 Å². The maximum Gasteiger partial charge on any atom is 0.277 e. The van der Waals surface area contributed by atoms with E-state index in [1.165, 1.54) is 15.1 Å². The van der Waals surface area contributed by atoms with Crippen molar-refractivity contribution in [1.82, 2.24) is 38.8 Å². The predicted octanol–water partition coefficient (Wildman–Crippen LogP) is 7.32. The van der Waals surface area contributed by atoms with Crippen LogP contribution in [0.4, 0.5) is 17.1 Å². The first-order valence-electron chi connectivity index (χ1n) is 25.2. The number of aromatic nitrogens is 4. The fourth-order valence-electron chi connectivity index (χ4n) is 9.30. The minimum Gasteiger partial charge on any atom is -0.508 e. The van der Waals surface area contributed by atoms with E-state index in [1.54, 1.807) is 25.2 Å². The number of likely N-dealkylation sites (N-methyl/N-ethyl adjacent to an activating group) is 2. The molecule has 3 aromatic heterocycles. The molecule has 0 atom stereocenters. The molecule has 408 valence electrons. The Kier molecular flexibility index (Phi) is 16.0. The average molecular weight is 1100 g/mol. The topological polar surface area (TPSA) is 276 Å². The Morgan fingerprint density at radius 3 is 2.18 bits per heavy atom. The zero-order valence-electron chi connectivity index (χ0n) is 43.5. The number of ether oxygens (including phenoxy) is 1. The van der Waals surface area contributed by atoms with Gasteiger partial charge >= 0.3 is 0 Å². The van der Waals surface area contributed by atoms with Crippen molar-refractivity contribution in [3.63, 3.8) is 0 Å². The molecular formula is C55H59ClN10O11S. The smallest absolute Gasteiger partial charge is 0.277 e. The van der Waals surface area contributed by atoms with E-state index in [1.807, 2.05) is 45.2 Å². The van der Waals surface area contributed by atoms with Crippen molar-refractivity contribution in [3.05, 3.63) is 128 Å². The summed E-state index contributed by atoms with van der Waals surface area (Å²) in [5.41, 5.74) is 4.97. The van der Waals surface area contributed by atoms with Crippen molar-refractivity contribution in [2.75, 3.05) is 78.4 Å². The zero-order valence-corrected chi connectivity index (χ0v) is 45.1. The molecule has 2 fully saturated rings. The summed E-state index contributed by atoms with van der Waals surface area (Å²) in [7, 11) is 2.16. The summed E-state index contributed by atoms with van der Waals surface area (Å²) in [4.78, 5) is 44.5. The van der Waals surface area contributed by atoms with Gasteiger partial charge in [0, 0.05) is 93.4 Å². The number of halogens is 1. The molecule has 78 heavy (non-hydrogen) atoms. The highest BCUT2D eigenvalue weighted by Gasteiger charge is 2.30. The third-order valence-electron chi connectivity index (χ3n) is 13.5. The summed E-state index contributed by atoms with van der Waals surface area (Å²) >= 11 is 6.18. The number of H-pyrrole nitrogens is 1. The van der Waals surface area contributed by atoms with Gasteiger partial charge in [-0.3, -0.25) is 14.3 Å².